The molecule has 6 heteroatoms. The first-order chi connectivity index (χ1) is 12.1. The zero-order valence-electron chi connectivity index (χ0n) is 14.1. The van der Waals surface area contributed by atoms with Crippen molar-refractivity contribution in [2.75, 3.05) is 14.2 Å². The van der Waals surface area contributed by atoms with Gasteiger partial charge in [-0.15, -0.1) is 0 Å². The lowest BCUT2D eigenvalue weighted by Gasteiger charge is -2.08. The van der Waals surface area contributed by atoms with Crippen LogP contribution in [0.3, 0.4) is 0 Å². The minimum absolute atomic E-state index is 0.283. The van der Waals surface area contributed by atoms with E-state index >= 15 is 0 Å². The highest BCUT2D eigenvalue weighted by atomic mass is 32.1. The first-order valence-corrected chi connectivity index (χ1v) is 8.06. The van der Waals surface area contributed by atoms with Gasteiger partial charge in [-0.05, 0) is 41.6 Å². The van der Waals surface area contributed by atoms with Crippen molar-refractivity contribution in [2.24, 2.45) is 0 Å². The predicted molar refractivity (Wildman–Crippen MR) is 103 cm³/mol. The SMILES string of the molecule is COc1ccc(/C=C/C(=O)NC(=S)NCc2ccccc2)cc1OC. The molecule has 1 amide bonds. The largest absolute Gasteiger partial charge is 0.493 e. The van der Waals surface area contributed by atoms with E-state index in [1.165, 1.54) is 6.08 Å². The molecule has 0 aromatic heterocycles. The van der Waals surface area contributed by atoms with Gasteiger partial charge in [0, 0.05) is 12.6 Å². The smallest absolute Gasteiger partial charge is 0.250 e. The molecule has 0 bridgehead atoms. The van der Waals surface area contributed by atoms with Crippen LogP contribution in [-0.2, 0) is 11.3 Å². The number of carbonyl (C=O) groups excluding carboxylic acids is 1. The Kier molecular flexibility index (Phi) is 6.98. The van der Waals surface area contributed by atoms with Gasteiger partial charge in [-0.25, -0.2) is 0 Å². The Balaban J connectivity index is 1.86. The van der Waals surface area contributed by atoms with Gasteiger partial charge < -0.3 is 14.8 Å². The number of ether oxygens (including phenoxy) is 2. The Morgan fingerprint density at radius 1 is 1.08 bits per heavy atom. The summed E-state index contributed by atoms with van der Waals surface area (Å²) in [6, 6.07) is 15.2. The van der Waals surface area contributed by atoms with Crippen molar-refractivity contribution in [1.82, 2.24) is 10.6 Å². The molecule has 0 radical (unpaired) electrons. The van der Waals surface area contributed by atoms with Gasteiger partial charge >= 0.3 is 0 Å². The van der Waals surface area contributed by atoms with Gasteiger partial charge in [0.2, 0.25) is 5.91 Å². The summed E-state index contributed by atoms with van der Waals surface area (Å²) in [6.45, 7) is 0.555. The number of thiocarbonyl (C=S) groups is 1. The summed E-state index contributed by atoms with van der Waals surface area (Å²) in [5.41, 5.74) is 1.90. The van der Waals surface area contributed by atoms with Crippen LogP contribution in [0.15, 0.2) is 54.6 Å². The fourth-order valence-corrected chi connectivity index (χ4v) is 2.28. The molecule has 0 saturated carbocycles. The fraction of sp³-hybridized carbons (Fsp3) is 0.158. The van der Waals surface area contributed by atoms with Gasteiger partial charge in [-0.3, -0.25) is 10.1 Å². The normalized spacial score (nSPS) is 10.3. The van der Waals surface area contributed by atoms with Crippen LogP contribution < -0.4 is 20.1 Å². The molecule has 0 aliphatic rings. The van der Waals surface area contributed by atoms with Crippen molar-refractivity contribution in [3.63, 3.8) is 0 Å². The fourth-order valence-electron chi connectivity index (χ4n) is 2.10. The maximum absolute atomic E-state index is 11.9. The van der Waals surface area contributed by atoms with E-state index in [2.05, 4.69) is 10.6 Å². The quantitative estimate of drug-likeness (QED) is 0.616. The second-order valence-corrected chi connectivity index (χ2v) is 5.51. The van der Waals surface area contributed by atoms with Crippen molar-refractivity contribution in [2.45, 2.75) is 6.54 Å². The zero-order chi connectivity index (χ0) is 18.1. The summed E-state index contributed by atoms with van der Waals surface area (Å²) in [7, 11) is 3.14. The maximum atomic E-state index is 11.9. The molecule has 5 nitrogen and oxygen atoms in total. The van der Waals surface area contributed by atoms with Crippen LogP contribution in [0.25, 0.3) is 6.08 Å². The molecular formula is C19H20N2O3S. The standard InChI is InChI=1S/C19H20N2O3S/c1-23-16-10-8-14(12-17(16)24-2)9-11-18(22)21-19(25)20-13-15-6-4-3-5-7-15/h3-12H,13H2,1-2H3,(H2,20,21,22,25)/b11-9+. The molecule has 2 aromatic rings. The topological polar surface area (TPSA) is 59.6 Å². The van der Waals surface area contributed by atoms with Crippen LogP contribution in [0.4, 0.5) is 0 Å². The van der Waals surface area contributed by atoms with Gasteiger partial charge in [0.25, 0.3) is 0 Å². The van der Waals surface area contributed by atoms with E-state index in [-0.39, 0.29) is 11.0 Å². The third kappa shape index (κ3) is 5.93. The summed E-state index contributed by atoms with van der Waals surface area (Å²) in [4.78, 5) is 11.9. The Bertz CT molecular complexity index is 761. The van der Waals surface area contributed by atoms with E-state index in [0.29, 0.717) is 18.0 Å². The molecule has 2 aromatic carbocycles. The van der Waals surface area contributed by atoms with E-state index in [1.807, 2.05) is 36.4 Å². The van der Waals surface area contributed by atoms with Gasteiger partial charge in [0.15, 0.2) is 16.6 Å². The van der Waals surface area contributed by atoms with Crippen LogP contribution in [0.2, 0.25) is 0 Å². The van der Waals surface area contributed by atoms with Gasteiger partial charge in [-0.1, -0.05) is 36.4 Å². The van der Waals surface area contributed by atoms with Crippen molar-refractivity contribution >= 4 is 29.3 Å². The van der Waals surface area contributed by atoms with Gasteiger partial charge in [0.1, 0.15) is 0 Å². The molecule has 0 saturated heterocycles. The lowest BCUT2D eigenvalue weighted by Crippen LogP contribution is -2.37. The molecule has 2 rings (SSSR count). The number of hydrogen-bond donors (Lipinski definition) is 2. The van der Waals surface area contributed by atoms with Gasteiger partial charge in [-0.2, -0.15) is 0 Å². The van der Waals surface area contributed by atoms with E-state index in [0.717, 1.165) is 11.1 Å². The molecular weight excluding hydrogens is 336 g/mol. The molecule has 0 heterocycles. The second-order valence-electron chi connectivity index (χ2n) is 5.11. The van der Waals surface area contributed by atoms with Crippen molar-refractivity contribution < 1.29 is 14.3 Å². The van der Waals surface area contributed by atoms with Crippen LogP contribution in [0.5, 0.6) is 11.5 Å². The van der Waals surface area contributed by atoms with Gasteiger partial charge in [0.05, 0.1) is 14.2 Å². The molecule has 0 spiro atoms. The first-order valence-electron chi connectivity index (χ1n) is 7.65. The first kappa shape index (κ1) is 18.5. The highest BCUT2D eigenvalue weighted by Gasteiger charge is 2.04. The predicted octanol–water partition coefficient (Wildman–Crippen LogP) is 2.91. The Morgan fingerprint density at radius 2 is 1.80 bits per heavy atom. The lowest BCUT2D eigenvalue weighted by atomic mass is 10.2. The number of methoxy groups -OCH3 is 2. The second kappa shape index (κ2) is 9.44. The van der Waals surface area contributed by atoms with Crippen molar-refractivity contribution in [3.8, 4) is 11.5 Å². The summed E-state index contributed by atoms with van der Waals surface area (Å²) in [6.07, 6.45) is 3.09. The third-order valence-electron chi connectivity index (χ3n) is 3.37. The van der Waals surface area contributed by atoms with E-state index < -0.39 is 0 Å². The number of rotatable bonds is 6. The van der Waals surface area contributed by atoms with Crippen molar-refractivity contribution in [1.29, 1.82) is 0 Å². The molecule has 0 atom stereocenters. The van der Waals surface area contributed by atoms with Crippen LogP contribution in [0, 0.1) is 0 Å². The third-order valence-corrected chi connectivity index (χ3v) is 3.61. The monoisotopic (exact) mass is 356 g/mol. The Morgan fingerprint density at radius 3 is 2.48 bits per heavy atom. The average molecular weight is 356 g/mol. The maximum Gasteiger partial charge on any atom is 0.250 e. The summed E-state index contributed by atoms with van der Waals surface area (Å²) < 4.78 is 10.4. The number of amides is 1. The van der Waals surface area contributed by atoms with Crippen LogP contribution in [0.1, 0.15) is 11.1 Å². The molecule has 0 fully saturated rings. The van der Waals surface area contributed by atoms with E-state index in [4.69, 9.17) is 21.7 Å². The van der Waals surface area contributed by atoms with Crippen LogP contribution >= 0.6 is 12.2 Å². The number of carbonyl (C=O) groups is 1. The average Bonchev–Trinajstić information content (AvgIpc) is 2.65. The molecule has 130 valence electrons. The highest BCUT2D eigenvalue weighted by molar-refractivity contribution is 7.80. The number of hydrogen-bond acceptors (Lipinski definition) is 4. The summed E-state index contributed by atoms with van der Waals surface area (Å²) in [5, 5.41) is 5.88. The summed E-state index contributed by atoms with van der Waals surface area (Å²) in [5.74, 6) is 0.931. The van der Waals surface area contributed by atoms with E-state index in [9.17, 15) is 4.79 Å². The van der Waals surface area contributed by atoms with Crippen molar-refractivity contribution in [3.05, 3.63) is 65.7 Å². The number of nitrogens with one attached hydrogen (secondary N) is 2. The van der Waals surface area contributed by atoms with E-state index in [1.54, 1.807) is 32.4 Å². The molecule has 0 aliphatic heterocycles. The minimum atomic E-state index is -0.305. The molecule has 0 unspecified atom stereocenters. The molecule has 2 N–H and O–H groups in total. The molecule has 25 heavy (non-hydrogen) atoms. The number of benzene rings is 2. The molecule has 0 aliphatic carbocycles. The Hall–Kier alpha value is -2.86. The minimum Gasteiger partial charge on any atom is -0.493 e. The summed E-state index contributed by atoms with van der Waals surface area (Å²) >= 11 is 5.12. The Labute approximate surface area is 152 Å². The highest BCUT2D eigenvalue weighted by Crippen LogP contribution is 2.27. The van der Waals surface area contributed by atoms with Crippen LogP contribution in [-0.4, -0.2) is 25.2 Å². The lowest BCUT2D eigenvalue weighted by molar-refractivity contribution is -0.115. The zero-order valence-corrected chi connectivity index (χ0v) is 14.9.